The van der Waals surface area contributed by atoms with Gasteiger partial charge in [-0.2, -0.15) is 29.2 Å². The average Bonchev–Trinajstić information content (AvgIpc) is 2.48. The first-order valence-electron chi connectivity index (χ1n) is 8.01. The van der Waals surface area contributed by atoms with Gasteiger partial charge in [0.15, 0.2) is 0 Å². The van der Waals surface area contributed by atoms with Crippen molar-refractivity contribution in [3.8, 4) is 0 Å². The number of hydrogen-bond donors (Lipinski definition) is 2. The molecule has 1 saturated carbocycles. The first-order chi connectivity index (χ1) is 10.1. The summed E-state index contributed by atoms with van der Waals surface area (Å²) in [5, 5.41) is 3.61. The van der Waals surface area contributed by atoms with Gasteiger partial charge in [0.05, 0.1) is 0 Å². The van der Waals surface area contributed by atoms with E-state index in [4.69, 9.17) is 0 Å². The molecule has 0 bridgehead atoms. The van der Waals surface area contributed by atoms with Crippen LogP contribution in [0.5, 0.6) is 0 Å². The first kappa shape index (κ1) is 17.5. The summed E-state index contributed by atoms with van der Waals surface area (Å²) in [5.74, 6) is 0.607. The minimum atomic E-state index is -3.31. The first-order valence-corrected chi connectivity index (χ1v) is 10.7. The SMILES string of the molecule is CNCC1CCN(S(=O)(=O)NC2CCCCC2SC)CC1. The highest BCUT2D eigenvalue weighted by Crippen LogP contribution is 2.28. The molecule has 2 rings (SSSR count). The van der Waals surface area contributed by atoms with Crippen LogP contribution in [0.3, 0.4) is 0 Å². The zero-order chi connectivity index (χ0) is 15.3. The molecule has 0 aromatic heterocycles. The lowest BCUT2D eigenvalue weighted by Gasteiger charge is -2.35. The molecule has 1 saturated heterocycles. The molecule has 2 fully saturated rings. The lowest BCUT2D eigenvalue weighted by Crippen LogP contribution is -2.52. The van der Waals surface area contributed by atoms with Gasteiger partial charge in [-0.1, -0.05) is 12.8 Å². The predicted octanol–water partition coefficient (Wildman–Crippen LogP) is 1.43. The molecule has 1 aliphatic heterocycles. The third-order valence-electron chi connectivity index (χ3n) is 4.71. The normalized spacial score (nSPS) is 29.6. The number of nitrogens with one attached hydrogen (secondary N) is 2. The Morgan fingerprint density at radius 2 is 1.81 bits per heavy atom. The Hall–Kier alpha value is 0.180. The van der Waals surface area contributed by atoms with E-state index in [1.54, 1.807) is 16.1 Å². The molecule has 21 heavy (non-hydrogen) atoms. The molecule has 0 amide bonds. The molecular formula is C14H29N3O2S2. The molecule has 2 N–H and O–H groups in total. The van der Waals surface area contributed by atoms with Crippen LogP contribution in [0.4, 0.5) is 0 Å². The maximum atomic E-state index is 12.6. The van der Waals surface area contributed by atoms with Crippen LogP contribution in [0.2, 0.25) is 0 Å². The van der Waals surface area contributed by atoms with Gasteiger partial charge in [0.2, 0.25) is 0 Å². The fraction of sp³-hybridized carbons (Fsp3) is 1.00. The van der Waals surface area contributed by atoms with Crippen LogP contribution in [0.25, 0.3) is 0 Å². The molecule has 0 aromatic carbocycles. The predicted molar refractivity (Wildman–Crippen MR) is 89.8 cm³/mol. The largest absolute Gasteiger partial charge is 0.319 e. The van der Waals surface area contributed by atoms with Crippen molar-refractivity contribution in [3.63, 3.8) is 0 Å². The molecule has 0 spiro atoms. The van der Waals surface area contributed by atoms with Crippen molar-refractivity contribution in [1.29, 1.82) is 0 Å². The van der Waals surface area contributed by atoms with Crippen LogP contribution in [0.15, 0.2) is 0 Å². The smallest absolute Gasteiger partial charge is 0.279 e. The van der Waals surface area contributed by atoms with Crippen molar-refractivity contribution >= 4 is 22.0 Å². The molecule has 5 nitrogen and oxygen atoms in total. The number of nitrogens with zero attached hydrogens (tertiary/aromatic N) is 1. The Bertz CT molecular complexity index is 408. The summed E-state index contributed by atoms with van der Waals surface area (Å²) in [5.41, 5.74) is 0. The van der Waals surface area contributed by atoms with Crippen LogP contribution >= 0.6 is 11.8 Å². The molecule has 2 atom stereocenters. The van der Waals surface area contributed by atoms with E-state index >= 15 is 0 Å². The topological polar surface area (TPSA) is 61.4 Å². The van der Waals surface area contributed by atoms with Crippen LogP contribution in [-0.2, 0) is 10.2 Å². The van der Waals surface area contributed by atoms with Gasteiger partial charge in [0.1, 0.15) is 0 Å². The minimum Gasteiger partial charge on any atom is -0.319 e. The average molecular weight is 336 g/mol. The van der Waals surface area contributed by atoms with Gasteiger partial charge in [-0.05, 0) is 51.4 Å². The summed E-state index contributed by atoms with van der Waals surface area (Å²) in [4.78, 5) is 0. The quantitative estimate of drug-likeness (QED) is 0.771. The molecule has 2 aliphatic rings. The second-order valence-corrected chi connectivity index (χ2v) is 8.97. The summed E-state index contributed by atoms with van der Waals surface area (Å²) in [6, 6.07) is 0.105. The van der Waals surface area contributed by atoms with E-state index in [1.807, 2.05) is 7.05 Å². The maximum absolute atomic E-state index is 12.6. The van der Waals surface area contributed by atoms with E-state index in [9.17, 15) is 8.42 Å². The number of piperidine rings is 1. The number of hydrogen-bond acceptors (Lipinski definition) is 4. The van der Waals surface area contributed by atoms with E-state index in [-0.39, 0.29) is 6.04 Å². The Balaban J connectivity index is 1.89. The fourth-order valence-corrected chi connectivity index (χ4v) is 5.95. The molecule has 1 heterocycles. The Morgan fingerprint density at radius 3 is 2.43 bits per heavy atom. The van der Waals surface area contributed by atoms with Crippen LogP contribution in [-0.4, -0.2) is 57.0 Å². The van der Waals surface area contributed by atoms with Crippen molar-refractivity contribution in [2.45, 2.75) is 49.8 Å². The van der Waals surface area contributed by atoms with Crippen LogP contribution in [0.1, 0.15) is 38.5 Å². The third-order valence-corrected chi connectivity index (χ3v) is 7.53. The lowest BCUT2D eigenvalue weighted by molar-refractivity contribution is 0.265. The zero-order valence-electron chi connectivity index (χ0n) is 13.2. The van der Waals surface area contributed by atoms with Gasteiger partial charge in [-0.25, -0.2) is 0 Å². The zero-order valence-corrected chi connectivity index (χ0v) is 14.8. The van der Waals surface area contributed by atoms with E-state index in [2.05, 4.69) is 16.3 Å². The van der Waals surface area contributed by atoms with Gasteiger partial charge in [0, 0.05) is 24.4 Å². The molecule has 0 aromatic rings. The highest BCUT2D eigenvalue weighted by atomic mass is 32.2. The summed E-state index contributed by atoms with van der Waals surface area (Å²) in [6.07, 6.45) is 8.45. The van der Waals surface area contributed by atoms with Gasteiger partial charge < -0.3 is 5.32 Å². The Kier molecular flexibility index (Phi) is 6.80. The molecule has 124 valence electrons. The number of thioether (sulfide) groups is 1. The lowest BCUT2D eigenvalue weighted by atomic mass is 9.96. The molecule has 2 unspecified atom stereocenters. The van der Waals surface area contributed by atoms with E-state index in [0.717, 1.165) is 38.6 Å². The van der Waals surface area contributed by atoms with Gasteiger partial charge in [-0.3, -0.25) is 0 Å². The third kappa shape index (κ3) is 4.82. The standard InChI is InChI=1S/C14H29N3O2S2/c1-15-11-12-7-9-17(10-8-12)21(18,19)16-13-5-3-4-6-14(13)20-2/h12-16H,3-11H2,1-2H3. The van der Waals surface area contributed by atoms with Gasteiger partial charge in [-0.15, -0.1) is 0 Å². The van der Waals surface area contributed by atoms with Crippen molar-refractivity contribution in [2.24, 2.45) is 5.92 Å². The minimum absolute atomic E-state index is 0.105. The number of rotatable bonds is 6. The Morgan fingerprint density at radius 1 is 1.14 bits per heavy atom. The Labute approximate surface area is 133 Å². The van der Waals surface area contributed by atoms with Crippen LogP contribution in [0, 0.1) is 5.92 Å². The summed E-state index contributed by atoms with van der Waals surface area (Å²) < 4.78 is 29.8. The molecular weight excluding hydrogens is 306 g/mol. The fourth-order valence-electron chi connectivity index (χ4n) is 3.42. The van der Waals surface area contributed by atoms with Crippen molar-refractivity contribution in [1.82, 2.24) is 14.3 Å². The summed E-state index contributed by atoms with van der Waals surface area (Å²) in [7, 11) is -1.36. The van der Waals surface area contributed by atoms with Crippen molar-refractivity contribution in [2.75, 3.05) is 32.9 Å². The molecule has 1 aliphatic carbocycles. The monoisotopic (exact) mass is 335 g/mol. The summed E-state index contributed by atoms with van der Waals surface area (Å²) in [6.45, 7) is 2.29. The maximum Gasteiger partial charge on any atom is 0.279 e. The van der Waals surface area contributed by atoms with Gasteiger partial charge in [0.25, 0.3) is 10.2 Å². The van der Waals surface area contributed by atoms with Crippen molar-refractivity contribution in [3.05, 3.63) is 0 Å². The van der Waals surface area contributed by atoms with Crippen molar-refractivity contribution < 1.29 is 8.42 Å². The highest BCUT2D eigenvalue weighted by molar-refractivity contribution is 7.99. The van der Waals surface area contributed by atoms with E-state index in [0.29, 0.717) is 24.3 Å². The second kappa shape index (κ2) is 8.15. The molecule has 7 heteroatoms. The molecule has 0 radical (unpaired) electrons. The van der Waals surface area contributed by atoms with Crippen LogP contribution < -0.4 is 10.0 Å². The van der Waals surface area contributed by atoms with E-state index < -0.39 is 10.2 Å². The van der Waals surface area contributed by atoms with Gasteiger partial charge >= 0.3 is 0 Å². The second-order valence-electron chi connectivity index (χ2n) is 6.19. The highest BCUT2D eigenvalue weighted by Gasteiger charge is 2.33. The summed E-state index contributed by atoms with van der Waals surface area (Å²) >= 11 is 1.79. The van der Waals surface area contributed by atoms with E-state index in [1.165, 1.54) is 6.42 Å².